The van der Waals surface area contributed by atoms with Gasteiger partial charge in [0.2, 0.25) is 11.8 Å². The van der Waals surface area contributed by atoms with Crippen LogP contribution in [-0.4, -0.2) is 41.5 Å². The van der Waals surface area contributed by atoms with Gasteiger partial charge in [-0.15, -0.1) is 0 Å². The molecule has 6 nitrogen and oxygen atoms in total. The number of amides is 2. The van der Waals surface area contributed by atoms with Gasteiger partial charge in [-0.25, -0.2) is 0 Å². The molecule has 2 aliphatic heterocycles. The first-order valence-corrected chi connectivity index (χ1v) is 8.99. The zero-order chi connectivity index (χ0) is 16.9. The van der Waals surface area contributed by atoms with E-state index in [4.69, 9.17) is 4.74 Å². The van der Waals surface area contributed by atoms with Crippen LogP contribution in [0.4, 0.5) is 5.69 Å². The molecule has 2 aliphatic rings. The first-order valence-electron chi connectivity index (χ1n) is 8.11. The van der Waals surface area contributed by atoms with Crippen molar-refractivity contribution in [1.29, 1.82) is 0 Å². The molecule has 2 atom stereocenters. The Kier molecular flexibility index (Phi) is 5.52. The summed E-state index contributed by atoms with van der Waals surface area (Å²) in [4.78, 5) is 28.6. The molecule has 0 aromatic heterocycles. The van der Waals surface area contributed by atoms with Gasteiger partial charge in [0.15, 0.2) is 5.17 Å². The van der Waals surface area contributed by atoms with E-state index in [0.717, 1.165) is 30.7 Å². The molecule has 2 fully saturated rings. The fraction of sp³-hybridized carbons (Fsp3) is 0.471. The fourth-order valence-corrected chi connectivity index (χ4v) is 3.65. The normalized spacial score (nSPS) is 25.0. The summed E-state index contributed by atoms with van der Waals surface area (Å²) in [5, 5.41) is 5.76. The van der Waals surface area contributed by atoms with Crippen LogP contribution in [0.15, 0.2) is 29.3 Å². The zero-order valence-electron chi connectivity index (χ0n) is 13.6. The molecular weight excluding hydrogens is 326 g/mol. The summed E-state index contributed by atoms with van der Waals surface area (Å²) in [7, 11) is 0. The van der Waals surface area contributed by atoms with E-state index >= 15 is 0 Å². The Morgan fingerprint density at radius 2 is 2.29 bits per heavy atom. The molecule has 2 amide bonds. The number of nitrogens with zero attached hydrogens (tertiary/aromatic N) is 1. The average molecular weight is 347 g/mol. The second kappa shape index (κ2) is 7.81. The van der Waals surface area contributed by atoms with Crippen LogP contribution in [0.1, 0.15) is 24.8 Å². The zero-order valence-corrected chi connectivity index (χ0v) is 14.4. The first kappa shape index (κ1) is 17.0. The lowest BCUT2D eigenvalue weighted by Crippen LogP contribution is -2.28. The molecule has 7 heteroatoms. The van der Waals surface area contributed by atoms with Gasteiger partial charge in [0.05, 0.1) is 12.6 Å². The van der Waals surface area contributed by atoms with Crippen LogP contribution < -0.4 is 10.6 Å². The number of rotatable bonds is 5. The van der Waals surface area contributed by atoms with Crippen molar-refractivity contribution in [2.75, 3.05) is 18.5 Å². The largest absolute Gasteiger partial charge is 0.376 e. The van der Waals surface area contributed by atoms with Crippen LogP contribution in [0.5, 0.6) is 0 Å². The number of anilines is 1. The number of hydrogen-bond donors (Lipinski definition) is 2. The molecule has 0 unspecified atom stereocenters. The summed E-state index contributed by atoms with van der Waals surface area (Å²) >= 11 is 1.32. The molecule has 3 rings (SSSR count). The van der Waals surface area contributed by atoms with E-state index in [0.29, 0.717) is 11.7 Å². The van der Waals surface area contributed by atoms with Crippen LogP contribution in [0, 0.1) is 6.92 Å². The number of carbonyl (C=O) groups excluding carboxylic acids is 2. The molecule has 0 radical (unpaired) electrons. The summed E-state index contributed by atoms with van der Waals surface area (Å²) in [5.41, 5.74) is 1.77. The minimum Gasteiger partial charge on any atom is -0.376 e. The predicted molar refractivity (Wildman–Crippen MR) is 95.2 cm³/mol. The Balaban J connectivity index is 1.51. The van der Waals surface area contributed by atoms with E-state index in [2.05, 4.69) is 15.6 Å². The minimum atomic E-state index is -0.433. The highest BCUT2D eigenvalue weighted by Gasteiger charge is 2.32. The van der Waals surface area contributed by atoms with Gasteiger partial charge in [-0.05, 0) is 31.4 Å². The number of aryl methyl sites for hydroxylation is 1. The van der Waals surface area contributed by atoms with Crippen molar-refractivity contribution >= 4 is 34.4 Å². The molecule has 0 saturated carbocycles. The highest BCUT2D eigenvalue weighted by atomic mass is 32.2. The summed E-state index contributed by atoms with van der Waals surface area (Å²) < 4.78 is 5.52. The van der Waals surface area contributed by atoms with Crippen molar-refractivity contribution in [1.82, 2.24) is 5.32 Å². The highest BCUT2D eigenvalue weighted by molar-refractivity contribution is 8.15. The Bertz CT molecular complexity index is 656. The highest BCUT2D eigenvalue weighted by Crippen LogP contribution is 2.24. The van der Waals surface area contributed by atoms with Gasteiger partial charge in [-0.3, -0.25) is 14.6 Å². The lowest BCUT2D eigenvalue weighted by atomic mass is 10.2. The standard InChI is InChI=1S/C17H21N3O3S/c1-11-5-2-3-7-13(11)19-15(21)9-14-16(22)20-17(24-14)18-10-12-6-4-8-23-12/h2-3,5,7,12,14H,4,6,8-10H2,1H3,(H,19,21)(H,18,20,22)/t12-,14-/m0/s1. The number of thioether (sulfide) groups is 1. The molecule has 0 aliphatic carbocycles. The van der Waals surface area contributed by atoms with Crippen molar-refractivity contribution in [3.63, 3.8) is 0 Å². The Labute approximate surface area is 145 Å². The number of hydrogen-bond acceptors (Lipinski definition) is 5. The lowest BCUT2D eigenvalue weighted by Gasteiger charge is -2.09. The van der Waals surface area contributed by atoms with Crippen LogP contribution in [0.25, 0.3) is 0 Å². The molecule has 2 heterocycles. The lowest BCUT2D eigenvalue weighted by molar-refractivity contribution is -0.122. The van der Waals surface area contributed by atoms with Gasteiger partial charge in [0.1, 0.15) is 5.25 Å². The third-order valence-corrected chi connectivity index (χ3v) is 5.15. The first-order chi connectivity index (χ1) is 11.6. The number of para-hydroxylation sites is 1. The molecule has 1 aromatic rings. The predicted octanol–water partition coefficient (Wildman–Crippen LogP) is 2.09. The van der Waals surface area contributed by atoms with E-state index in [9.17, 15) is 9.59 Å². The van der Waals surface area contributed by atoms with Crippen LogP contribution >= 0.6 is 11.8 Å². The smallest absolute Gasteiger partial charge is 0.240 e. The minimum absolute atomic E-state index is 0.129. The maximum atomic E-state index is 12.2. The van der Waals surface area contributed by atoms with E-state index in [-0.39, 0.29) is 24.3 Å². The maximum absolute atomic E-state index is 12.2. The van der Waals surface area contributed by atoms with Crippen molar-refractivity contribution in [3.05, 3.63) is 29.8 Å². The molecule has 2 saturated heterocycles. The monoisotopic (exact) mass is 347 g/mol. The molecule has 24 heavy (non-hydrogen) atoms. The number of benzene rings is 1. The molecule has 128 valence electrons. The maximum Gasteiger partial charge on any atom is 0.240 e. The van der Waals surface area contributed by atoms with Gasteiger partial charge >= 0.3 is 0 Å². The van der Waals surface area contributed by atoms with Crippen LogP contribution in [-0.2, 0) is 14.3 Å². The second-order valence-corrected chi connectivity index (χ2v) is 7.14. The van der Waals surface area contributed by atoms with Crippen molar-refractivity contribution in [2.45, 2.75) is 37.5 Å². The van der Waals surface area contributed by atoms with Gasteiger partial charge in [-0.2, -0.15) is 0 Å². The Hall–Kier alpha value is -1.86. The van der Waals surface area contributed by atoms with Gasteiger partial charge < -0.3 is 15.4 Å². The summed E-state index contributed by atoms with van der Waals surface area (Å²) in [6.45, 7) is 3.28. The molecule has 0 spiro atoms. The summed E-state index contributed by atoms with van der Waals surface area (Å²) in [6, 6.07) is 7.57. The summed E-state index contributed by atoms with van der Waals surface area (Å²) in [5.74, 6) is -0.330. The Morgan fingerprint density at radius 3 is 3.04 bits per heavy atom. The molecule has 0 bridgehead atoms. The number of nitrogens with one attached hydrogen (secondary N) is 2. The molecule has 1 aromatic carbocycles. The van der Waals surface area contributed by atoms with E-state index in [1.165, 1.54) is 11.8 Å². The fourth-order valence-electron chi connectivity index (χ4n) is 2.67. The third-order valence-electron chi connectivity index (χ3n) is 4.03. The second-order valence-electron chi connectivity index (χ2n) is 5.94. The average Bonchev–Trinajstić information content (AvgIpc) is 3.18. The van der Waals surface area contributed by atoms with E-state index in [1.54, 1.807) is 0 Å². The molecular formula is C17H21N3O3S. The van der Waals surface area contributed by atoms with Crippen molar-refractivity contribution in [3.8, 4) is 0 Å². The number of aliphatic imine (C=N–C) groups is 1. The van der Waals surface area contributed by atoms with Crippen molar-refractivity contribution < 1.29 is 14.3 Å². The number of ether oxygens (including phenoxy) is 1. The summed E-state index contributed by atoms with van der Waals surface area (Å²) in [6.07, 6.45) is 2.36. The van der Waals surface area contributed by atoms with Gasteiger partial charge in [0, 0.05) is 18.7 Å². The number of carbonyl (C=O) groups is 2. The Morgan fingerprint density at radius 1 is 1.46 bits per heavy atom. The van der Waals surface area contributed by atoms with Gasteiger partial charge in [0.25, 0.3) is 0 Å². The van der Waals surface area contributed by atoms with E-state index < -0.39 is 5.25 Å². The van der Waals surface area contributed by atoms with Crippen molar-refractivity contribution in [2.24, 2.45) is 4.99 Å². The topological polar surface area (TPSA) is 79.8 Å². The van der Waals surface area contributed by atoms with Gasteiger partial charge in [-0.1, -0.05) is 30.0 Å². The SMILES string of the molecule is Cc1ccccc1NC(=O)C[C@@H]1SC(=NC[C@@H]2CCCO2)NC1=O. The quantitative estimate of drug-likeness (QED) is 0.855. The third kappa shape index (κ3) is 4.36. The number of amidine groups is 1. The van der Waals surface area contributed by atoms with Crippen LogP contribution in [0.2, 0.25) is 0 Å². The van der Waals surface area contributed by atoms with E-state index in [1.807, 2.05) is 31.2 Å². The van der Waals surface area contributed by atoms with Crippen LogP contribution in [0.3, 0.4) is 0 Å². The molecule has 2 N–H and O–H groups in total.